The highest BCUT2D eigenvalue weighted by molar-refractivity contribution is 8.23. The Morgan fingerprint density at radius 2 is 1.58 bits per heavy atom. The molecule has 2 aliphatic heterocycles. The van der Waals surface area contributed by atoms with Gasteiger partial charge in [-0.2, -0.15) is 0 Å². The van der Waals surface area contributed by atoms with Crippen molar-refractivity contribution < 1.29 is 4.79 Å². The third-order valence-corrected chi connectivity index (χ3v) is 7.84. The maximum absolute atomic E-state index is 13.3. The van der Waals surface area contributed by atoms with Gasteiger partial charge < -0.3 is 9.47 Å². The zero-order chi connectivity index (χ0) is 22.8. The minimum atomic E-state index is -0.00569. The van der Waals surface area contributed by atoms with Gasteiger partial charge in [-0.3, -0.25) is 14.5 Å². The van der Waals surface area contributed by atoms with Crippen molar-refractivity contribution in [2.75, 3.05) is 23.7 Å². The highest BCUT2D eigenvalue weighted by Gasteiger charge is 2.35. The van der Waals surface area contributed by atoms with E-state index in [0.29, 0.717) is 11.8 Å². The third kappa shape index (κ3) is 4.61. The largest absolute Gasteiger partial charge is 0.356 e. The predicted molar refractivity (Wildman–Crippen MR) is 138 cm³/mol. The zero-order valence-corrected chi connectivity index (χ0v) is 19.8. The Morgan fingerprint density at radius 3 is 2.24 bits per heavy atom. The first-order valence-electron chi connectivity index (χ1n) is 11.1. The lowest BCUT2D eigenvalue weighted by molar-refractivity contribution is -0.115. The lowest BCUT2D eigenvalue weighted by Gasteiger charge is -2.43. The van der Waals surface area contributed by atoms with E-state index in [2.05, 4.69) is 11.0 Å². The van der Waals surface area contributed by atoms with Gasteiger partial charge in [0.1, 0.15) is 4.32 Å². The summed E-state index contributed by atoms with van der Waals surface area (Å²) in [7, 11) is 0. The van der Waals surface area contributed by atoms with E-state index in [0.717, 1.165) is 47.4 Å². The number of hydrogen-bond donors (Lipinski definition) is 0. The van der Waals surface area contributed by atoms with Gasteiger partial charge in [0.15, 0.2) is 0 Å². The molecule has 2 aromatic carbocycles. The van der Waals surface area contributed by atoms with Gasteiger partial charge in [-0.05, 0) is 42.7 Å². The molecule has 2 aliphatic rings. The third-order valence-electron chi connectivity index (χ3n) is 6.34. The molecule has 0 radical (unpaired) electrons. The summed E-state index contributed by atoms with van der Waals surface area (Å²) >= 11 is 7.19. The fourth-order valence-electron chi connectivity index (χ4n) is 4.92. The molecule has 1 amide bonds. The van der Waals surface area contributed by atoms with E-state index >= 15 is 0 Å². The number of amides is 1. The summed E-state index contributed by atoms with van der Waals surface area (Å²) in [6, 6.07) is 25.0. The van der Waals surface area contributed by atoms with E-state index in [-0.39, 0.29) is 17.2 Å². The minimum Gasteiger partial charge on any atom is -0.356 e. The number of benzene rings is 2. The second kappa shape index (κ2) is 9.53. The Kier molecular flexibility index (Phi) is 6.33. The first kappa shape index (κ1) is 21.9. The van der Waals surface area contributed by atoms with Crippen molar-refractivity contribution in [2.45, 2.75) is 18.9 Å². The van der Waals surface area contributed by atoms with Gasteiger partial charge in [-0.1, -0.05) is 66.4 Å². The van der Waals surface area contributed by atoms with Crippen LogP contribution in [0.5, 0.6) is 0 Å². The number of rotatable bonds is 4. The van der Waals surface area contributed by atoms with Crippen LogP contribution in [0.4, 0.5) is 11.4 Å². The molecule has 0 spiro atoms. The van der Waals surface area contributed by atoms with E-state index in [1.165, 1.54) is 11.8 Å². The molecule has 168 valence electrons. The van der Waals surface area contributed by atoms with Gasteiger partial charge in [0.05, 0.1) is 5.75 Å². The number of carbonyl (C=O) groups is 1. The summed E-state index contributed by atoms with van der Waals surface area (Å²) in [4.78, 5) is 29.6. The van der Waals surface area contributed by atoms with E-state index in [4.69, 9.17) is 12.2 Å². The maximum atomic E-state index is 13.3. The number of fused-ring (bicyclic) bond motifs is 4. The van der Waals surface area contributed by atoms with Crippen LogP contribution in [-0.2, 0) is 11.3 Å². The molecular formula is C26H25N3O2S2. The number of carbonyl (C=O) groups excluding carboxylic acids is 1. The van der Waals surface area contributed by atoms with Gasteiger partial charge >= 0.3 is 0 Å². The number of aromatic nitrogens is 1. The number of hydrogen-bond acceptors (Lipinski definition) is 4. The lowest BCUT2D eigenvalue weighted by Crippen LogP contribution is -2.48. The highest BCUT2D eigenvalue weighted by Crippen LogP contribution is 2.36. The van der Waals surface area contributed by atoms with Crippen LogP contribution >= 0.6 is 24.0 Å². The number of pyridine rings is 1. The number of thiocarbonyl (C=S) groups is 1. The molecule has 2 bridgehead atoms. The van der Waals surface area contributed by atoms with E-state index in [1.807, 2.05) is 71.3 Å². The fraction of sp³-hybridized carbons (Fsp3) is 0.269. The Hall–Kier alpha value is -2.90. The standard InChI is InChI=1S/C26H25N3O2S2/c30-24-13-7-12-23-20-14-19(16-28(23)24)15-27(17-20)26(32)33-18-25(31)29(21-8-3-1-4-9-21)22-10-5-2-6-11-22/h1-13,19-20H,14-18H2. The maximum Gasteiger partial charge on any atom is 0.250 e. The molecule has 2 atom stereocenters. The molecule has 33 heavy (non-hydrogen) atoms. The molecule has 1 aromatic heterocycles. The van der Waals surface area contributed by atoms with Crippen molar-refractivity contribution in [3.05, 3.63) is 94.9 Å². The topological polar surface area (TPSA) is 45.6 Å². The number of anilines is 2. The molecule has 0 saturated carbocycles. The average molecular weight is 476 g/mol. The van der Waals surface area contributed by atoms with Crippen molar-refractivity contribution >= 4 is 45.6 Å². The lowest BCUT2D eigenvalue weighted by atomic mass is 9.83. The minimum absolute atomic E-state index is 0.00569. The van der Waals surface area contributed by atoms with Crippen LogP contribution in [0, 0.1) is 5.92 Å². The van der Waals surface area contributed by atoms with Crippen molar-refractivity contribution in [2.24, 2.45) is 5.92 Å². The fourth-order valence-corrected chi connectivity index (χ4v) is 5.95. The normalized spacial score (nSPS) is 19.0. The van der Waals surface area contributed by atoms with E-state index < -0.39 is 0 Å². The first-order chi connectivity index (χ1) is 16.1. The predicted octanol–water partition coefficient (Wildman–Crippen LogP) is 4.65. The molecule has 0 aliphatic carbocycles. The molecule has 2 unspecified atom stereocenters. The van der Waals surface area contributed by atoms with E-state index in [1.54, 1.807) is 11.0 Å². The SMILES string of the molecule is O=C(CSC(=S)N1CC2CC(C1)c1cccc(=O)n1C2)N(c1ccccc1)c1ccccc1. The smallest absolute Gasteiger partial charge is 0.250 e. The van der Waals surface area contributed by atoms with Crippen LogP contribution in [0.25, 0.3) is 0 Å². The van der Waals surface area contributed by atoms with Crippen LogP contribution < -0.4 is 10.5 Å². The highest BCUT2D eigenvalue weighted by atomic mass is 32.2. The molecule has 7 heteroatoms. The summed E-state index contributed by atoms with van der Waals surface area (Å²) in [6.07, 6.45) is 1.09. The van der Waals surface area contributed by atoms with Crippen LogP contribution in [0.2, 0.25) is 0 Å². The summed E-state index contributed by atoms with van der Waals surface area (Å²) in [6.45, 7) is 2.36. The monoisotopic (exact) mass is 475 g/mol. The molecular weight excluding hydrogens is 450 g/mol. The molecule has 5 rings (SSSR count). The number of likely N-dealkylation sites (tertiary alicyclic amines) is 1. The van der Waals surface area contributed by atoms with Gasteiger partial charge in [0.25, 0.3) is 5.56 Å². The second-order valence-corrected chi connectivity index (χ2v) is 10.2. The van der Waals surface area contributed by atoms with Crippen LogP contribution in [0.1, 0.15) is 18.0 Å². The zero-order valence-electron chi connectivity index (χ0n) is 18.2. The Bertz CT molecular complexity index is 1170. The second-order valence-electron chi connectivity index (χ2n) is 8.56. The van der Waals surface area contributed by atoms with Gasteiger partial charge in [-0.15, -0.1) is 0 Å². The molecule has 3 heterocycles. The van der Waals surface area contributed by atoms with Crippen LogP contribution in [0.3, 0.4) is 0 Å². The van der Waals surface area contributed by atoms with Gasteiger partial charge in [0, 0.05) is 48.7 Å². The van der Waals surface area contributed by atoms with Crippen LogP contribution in [-0.4, -0.2) is 38.5 Å². The van der Waals surface area contributed by atoms with Crippen molar-refractivity contribution in [1.82, 2.24) is 9.47 Å². The van der Waals surface area contributed by atoms with E-state index in [9.17, 15) is 9.59 Å². The van der Waals surface area contributed by atoms with Crippen LogP contribution in [0.15, 0.2) is 83.7 Å². The summed E-state index contributed by atoms with van der Waals surface area (Å²) < 4.78 is 2.68. The number of nitrogens with zero attached hydrogens (tertiary/aromatic N) is 3. The Morgan fingerprint density at radius 1 is 0.909 bits per heavy atom. The quantitative estimate of drug-likeness (QED) is 0.514. The summed E-state index contributed by atoms with van der Waals surface area (Å²) in [5, 5.41) is 0. The Balaban J connectivity index is 1.28. The molecule has 1 fully saturated rings. The van der Waals surface area contributed by atoms with Gasteiger partial charge in [-0.25, -0.2) is 0 Å². The number of para-hydroxylation sites is 2. The molecule has 0 N–H and O–H groups in total. The van der Waals surface area contributed by atoms with Crippen molar-refractivity contribution in [1.29, 1.82) is 0 Å². The molecule has 3 aromatic rings. The first-order valence-corrected chi connectivity index (χ1v) is 12.5. The Labute approximate surface area is 203 Å². The number of thioether (sulfide) groups is 1. The molecule has 5 nitrogen and oxygen atoms in total. The van der Waals surface area contributed by atoms with Crippen molar-refractivity contribution in [3.8, 4) is 0 Å². The van der Waals surface area contributed by atoms with Gasteiger partial charge in [0.2, 0.25) is 5.91 Å². The molecule has 1 saturated heterocycles. The summed E-state index contributed by atoms with van der Waals surface area (Å²) in [5.41, 5.74) is 2.87. The van der Waals surface area contributed by atoms with Crippen molar-refractivity contribution in [3.63, 3.8) is 0 Å². The summed E-state index contributed by atoms with van der Waals surface area (Å²) in [5.74, 6) is 0.959. The number of piperidine rings is 1. The average Bonchev–Trinajstić information content (AvgIpc) is 2.84.